The van der Waals surface area contributed by atoms with Crippen LogP contribution < -0.4 is 14.8 Å². The van der Waals surface area contributed by atoms with Crippen LogP contribution in [0.2, 0.25) is 10.0 Å². The van der Waals surface area contributed by atoms with E-state index in [-0.39, 0.29) is 23.1 Å². The highest BCUT2D eigenvalue weighted by Gasteiger charge is 2.29. The fourth-order valence-electron chi connectivity index (χ4n) is 2.97. The standard InChI is InChI=1S/C21H17Cl2N3O3S/c1-13-14(6-4-8-15(13)22)12-24-21-25-20-18(29-17-9-3-2-7-16(17)23)10-5-11-19(20)30(27,28)26-21/h2-11H,12H2,1H3,(H2,24,25,26). The summed E-state index contributed by atoms with van der Waals surface area (Å²) in [6.45, 7) is 2.14. The smallest absolute Gasteiger partial charge is 0.266 e. The third-order valence-corrected chi connectivity index (χ3v) is 6.70. The first-order chi connectivity index (χ1) is 14.3. The van der Waals surface area contributed by atoms with E-state index in [4.69, 9.17) is 27.9 Å². The number of nitrogens with zero attached hydrogens (tertiary/aromatic N) is 1. The minimum atomic E-state index is -3.82. The Morgan fingerprint density at radius 2 is 1.63 bits per heavy atom. The maximum atomic E-state index is 12.8. The van der Waals surface area contributed by atoms with Crippen LogP contribution in [0.3, 0.4) is 0 Å². The molecule has 1 aliphatic heterocycles. The number of benzene rings is 3. The average Bonchev–Trinajstić information content (AvgIpc) is 2.71. The van der Waals surface area contributed by atoms with E-state index < -0.39 is 10.0 Å². The van der Waals surface area contributed by atoms with Gasteiger partial charge in [-0.3, -0.25) is 0 Å². The molecule has 0 aliphatic carbocycles. The summed E-state index contributed by atoms with van der Waals surface area (Å²) in [4.78, 5) is 4.45. The Bertz CT molecular complexity index is 1260. The van der Waals surface area contributed by atoms with Crippen LogP contribution in [0.5, 0.6) is 11.5 Å². The molecule has 3 aromatic carbocycles. The molecule has 0 aromatic heterocycles. The minimum absolute atomic E-state index is 0.0601. The van der Waals surface area contributed by atoms with Crippen LogP contribution in [0.25, 0.3) is 0 Å². The molecule has 30 heavy (non-hydrogen) atoms. The Labute approximate surface area is 184 Å². The Hall–Kier alpha value is -2.74. The molecule has 9 heteroatoms. The zero-order chi connectivity index (χ0) is 21.3. The normalized spacial score (nSPS) is 15.8. The lowest BCUT2D eigenvalue weighted by molar-refractivity contribution is 0.483. The lowest BCUT2D eigenvalue weighted by Gasteiger charge is -2.24. The lowest BCUT2D eigenvalue weighted by Crippen LogP contribution is -2.40. The average molecular weight is 462 g/mol. The summed E-state index contributed by atoms with van der Waals surface area (Å²) >= 11 is 12.3. The maximum absolute atomic E-state index is 12.8. The van der Waals surface area contributed by atoms with Crippen LogP contribution in [0, 0.1) is 6.92 Å². The van der Waals surface area contributed by atoms with Gasteiger partial charge in [0.1, 0.15) is 16.3 Å². The lowest BCUT2D eigenvalue weighted by atomic mass is 10.1. The van der Waals surface area contributed by atoms with Crippen LogP contribution in [0.1, 0.15) is 11.1 Å². The molecule has 1 heterocycles. The molecule has 3 aromatic rings. The predicted molar refractivity (Wildman–Crippen MR) is 119 cm³/mol. The van der Waals surface area contributed by atoms with Crippen molar-refractivity contribution in [2.75, 3.05) is 5.32 Å². The number of rotatable bonds is 4. The van der Waals surface area contributed by atoms with Crippen molar-refractivity contribution >= 4 is 44.9 Å². The Kier molecular flexibility index (Phi) is 5.60. The SMILES string of the molecule is Cc1c(Cl)cccc1CN=C1Nc2c(Oc3ccccc3Cl)cccc2S(=O)(=O)N1. The molecule has 0 amide bonds. The van der Waals surface area contributed by atoms with E-state index >= 15 is 0 Å². The van der Waals surface area contributed by atoms with E-state index in [2.05, 4.69) is 15.0 Å². The van der Waals surface area contributed by atoms with E-state index in [0.29, 0.717) is 21.5 Å². The van der Waals surface area contributed by atoms with Crippen molar-refractivity contribution < 1.29 is 13.2 Å². The fourth-order valence-corrected chi connectivity index (χ4v) is 4.50. The highest BCUT2D eigenvalue weighted by molar-refractivity contribution is 7.90. The number of anilines is 1. The number of para-hydroxylation sites is 2. The number of hydrogen-bond donors (Lipinski definition) is 2. The van der Waals surface area contributed by atoms with Crippen molar-refractivity contribution in [3.63, 3.8) is 0 Å². The largest absolute Gasteiger partial charge is 0.454 e. The zero-order valence-corrected chi connectivity index (χ0v) is 18.1. The highest BCUT2D eigenvalue weighted by atomic mass is 35.5. The zero-order valence-electron chi connectivity index (χ0n) is 15.8. The summed E-state index contributed by atoms with van der Waals surface area (Å²) < 4.78 is 33.8. The summed E-state index contributed by atoms with van der Waals surface area (Å²) in [7, 11) is -3.82. The van der Waals surface area contributed by atoms with Crippen molar-refractivity contribution in [2.24, 2.45) is 4.99 Å². The first-order valence-electron chi connectivity index (χ1n) is 8.99. The van der Waals surface area contributed by atoms with Crippen molar-refractivity contribution in [3.05, 3.63) is 81.8 Å². The van der Waals surface area contributed by atoms with Crippen LogP contribution >= 0.6 is 23.2 Å². The van der Waals surface area contributed by atoms with Gasteiger partial charge in [-0.2, -0.15) is 0 Å². The number of sulfonamides is 1. The molecule has 6 nitrogen and oxygen atoms in total. The summed E-state index contributed by atoms with van der Waals surface area (Å²) in [6, 6.07) is 17.2. The van der Waals surface area contributed by atoms with Gasteiger partial charge in [0, 0.05) is 5.02 Å². The number of guanidine groups is 1. The summed E-state index contributed by atoms with van der Waals surface area (Å²) in [5.74, 6) is 0.827. The molecule has 4 rings (SSSR count). The van der Waals surface area contributed by atoms with Crippen LogP contribution in [-0.2, 0) is 16.6 Å². The number of fused-ring (bicyclic) bond motifs is 1. The van der Waals surface area contributed by atoms with Gasteiger partial charge < -0.3 is 10.1 Å². The van der Waals surface area contributed by atoms with Crippen molar-refractivity contribution in [3.8, 4) is 11.5 Å². The molecule has 154 valence electrons. The molecule has 0 radical (unpaired) electrons. The third kappa shape index (κ3) is 4.09. The quantitative estimate of drug-likeness (QED) is 0.548. The fraction of sp³-hybridized carbons (Fsp3) is 0.0952. The number of aliphatic imine (C=N–C) groups is 1. The second-order valence-electron chi connectivity index (χ2n) is 6.58. The molecule has 0 fully saturated rings. The highest BCUT2D eigenvalue weighted by Crippen LogP contribution is 2.38. The van der Waals surface area contributed by atoms with Gasteiger partial charge in [0.05, 0.1) is 11.6 Å². The molecular weight excluding hydrogens is 445 g/mol. The van der Waals surface area contributed by atoms with Crippen LogP contribution in [0.15, 0.2) is 70.6 Å². The molecule has 0 saturated carbocycles. The minimum Gasteiger partial charge on any atom is -0.454 e. The molecule has 0 saturated heterocycles. The van der Waals surface area contributed by atoms with Crippen molar-refractivity contribution in [2.45, 2.75) is 18.4 Å². The van der Waals surface area contributed by atoms with Crippen LogP contribution in [0.4, 0.5) is 5.69 Å². The van der Waals surface area contributed by atoms with Gasteiger partial charge >= 0.3 is 0 Å². The monoisotopic (exact) mass is 461 g/mol. The second kappa shape index (κ2) is 8.18. The van der Waals surface area contributed by atoms with Gasteiger partial charge in [0.25, 0.3) is 10.0 Å². The van der Waals surface area contributed by atoms with Gasteiger partial charge in [-0.25, -0.2) is 18.1 Å². The molecule has 0 bridgehead atoms. The molecule has 2 N–H and O–H groups in total. The van der Waals surface area contributed by atoms with E-state index in [1.54, 1.807) is 42.5 Å². The first kappa shape index (κ1) is 20.5. The maximum Gasteiger partial charge on any atom is 0.266 e. The molecule has 0 unspecified atom stereocenters. The Morgan fingerprint density at radius 3 is 2.43 bits per heavy atom. The topological polar surface area (TPSA) is 79.8 Å². The van der Waals surface area contributed by atoms with Gasteiger partial charge in [-0.15, -0.1) is 0 Å². The predicted octanol–water partition coefficient (Wildman–Crippen LogP) is 5.35. The summed E-state index contributed by atoms with van der Waals surface area (Å²) in [6.07, 6.45) is 0. The van der Waals surface area contributed by atoms with Gasteiger partial charge in [0.15, 0.2) is 5.75 Å². The number of halogens is 2. The molecule has 0 atom stereocenters. The molecule has 1 aliphatic rings. The second-order valence-corrected chi connectivity index (χ2v) is 9.05. The summed E-state index contributed by atoms with van der Waals surface area (Å²) in [5, 5.41) is 4.07. The molecule has 0 spiro atoms. The van der Waals surface area contributed by atoms with Gasteiger partial charge in [-0.05, 0) is 48.4 Å². The number of hydrogen-bond acceptors (Lipinski definition) is 4. The van der Waals surface area contributed by atoms with Crippen molar-refractivity contribution in [1.29, 1.82) is 0 Å². The number of ether oxygens (including phenoxy) is 1. The van der Waals surface area contributed by atoms with Crippen molar-refractivity contribution in [1.82, 2.24) is 4.72 Å². The van der Waals surface area contributed by atoms with Gasteiger partial charge in [-0.1, -0.05) is 53.5 Å². The molecular formula is C21H17Cl2N3O3S. The summed E-state index contributed by atoms with van der Waals surface area (Å²) in [5.41, 5.74) is 2.07. The van der Waals surface area contributed by atoms with E-state index in [1.807, 2.05) is 19.1 Å². The van der Waals surface area contributed by atoms with Crippen LogP contribution in [-0.4, -0.2) is 14.4 Å². The number of nitrogens with one attached hydrogen (secondary N) is 2. The van der Waals surface area contributed by atoms with E-state index in [0.717, 1.165) is 11.1 Å². The first-order valence-corrected chi connectivity index (χ1v) is 11.2. The van der Waals surface area contributed by atoms with E-state index in [1.165, 1.54) is 6.07 Å². The van der Waals surface area contributed by atoms with E-state index in [9.17, 15) is 8.42 Å². The Morgan fingerprint density at radius 1 is 0.933 bits per heavy atom. The third-order valence-electron chi connectivity index (χ3n) is 4.60. The Balaban J connectivity index is 1.69. The van der Waals surface area contributed by atoms with Gasteiger partial charge in [0.2, 0.25) is 5.96 Å².